The van der Waals surface area contributed by atoms with Crippen molar-refractivity contribution in [3.05, 3.63) is 91.9 Å². The number of hydrogen-bond donors (Lipinski definition) is 1. The zero-order chi connectivity index (χ0) is 21.4. The predicted molar refractivity (Wildman–Crippen MR) is 111 cm³/mol. The van der Waals surface area contributed by atoms with E-state index >= 15 is 0 Å². The number of benzene rings is 2. The average molecular weight is 442 g/mol. The van der Waals surface area contributed by atoms with Gasteiger partial charge in [-0.15, -0.1) is 11.3 Å². The number of halogens is 1. The smallest absolute Gasteiger partial charge is 0.301 e. The number of amides is 1. The number of nitro benzene ring substituents is 1. The summed E-state index contributed by atoms with van der Waals surface area (Å²) in [6.07, 6.45) is 1.45. The van der Waals surface area contributed by atoms with Gasteiger partial charge in [0, 0.05) is 28.2 Å². The first kappa shape index (κ1) is 19.7. The molecule has 30 heavy (non-hydrogen) atoms. The van der Waals surface area contributed by atoms with Gasteiger partial charge in [-0.25, -0.2) is 4.98 Å². The summed E-state index contributed by atoms with van der Waals surface area (Å²) in [5, 5.41) is 24.8. The zero-order valence-corrected chi connectivity index (χ0v) is 16.6. The Kier molecular flexibility index (Phi) is 5.06. The molecule has 3 aromatic rings. The molecule has 0 aliphatic carbocycles. The molecule has 2 heterocycles. The van der Waals surface area contributed by atoms with Crippen LogP contribution in [0.2, 0.25) is 5.02 Å². The number of para-hydroxylation sites is 1. The highest BCUT2D eigenvalue weighted by atomic mass is 35.5. The number of nitro groups is 1. The van der Waals surface area contributed by atoms with Crippen LogP contribution < -0.4 is 4.90 Å². The van der Waals surface area contributed by atoms with E-state index in [1.165, 1.54) is 48.7 Å². The average Bonchev–Trinajstić information content (AvgIpc) is 3.35. The Morgan fingerprint density at radius 3 is 2.50 bits per heavy atom. The van der Waals surface area contributed by atoms with Gasteiger partial charge in [0.05, 0.1) is 16.1 Å². The number of carbonyl (C=O) groups excluding carboxylic acids is 2. The quantitative estimate of drug-likeness (QED) is 0.212. The Bertz CT molecular complexity index is 1190. The van der Waals surface area contributed by atoms with E-state index in [-0.39, 0.29) is 27.5 Å². The molecule has 1 aromatic heterocycles. The lowest BCUT2D eigenvalue weighted by molar-refractivity contribution is -0.385. The Morgan fingerprint density at radius 2 is 1.87 bits per heavy atom. The lowest BCUT2D eigenvalue weighted by Gasteiger charge is -2.22. The summed E-state index contributed by atoms with van der Waals surface area (Å²) in [4.78, 5) is 42.0. The second-order valence-electron chi connectivity index (χ2n) is 6.31. The number of aliphatic hydroxyl groups excluding tert-OH is 1. The number of nitrogens with zero attached hydrogens (tertiary/aromatic N) is 3. The molecule has 2 aromatic carbocycles. The van der Waals surface area contributed by atoms with Gasteiger partial charge < -0.3 is 5.11 Å². The number of Topliss-reactive ketones (excluding diaryl/α,β-unsaturated/α-hetero) is 1. The minimum Gasteiger partial charge on any atom is -0.507 e. The number of anilines is 1. The van der Waals surface area contributed by atoms with E-state index in [0.29, 0.717) is 5.02 Å². The Balaban J connectivity index is 2.00. The van der Waals surface area contributed by atoms with Crippen LogP contribution >= 0.6 is 22.9 Å². The molecule has 1 aliphatic rings. The van der Waals surface area contributed by atoms with Crippen LogP contribution in [0, 0.1) is 10.1 Å². The van der Waals surface area contributed by atoms with Crippen LogP contribution in [0.25, 0.3) is 5.76 Å². The predicted octanol–water partition coefficient (Wildman–Crippen LogP) is 4.33. The number of aliphatic hydroxyl groups is 1. The molecule has 0 radical (unpaired) electrons. The minimum atomic E-state index is -1.21. The van der Waals surface area contributed by atoms with Gasteiger partial charge in [-0.3, -0.25) is 24.6 Å². The maximum atomic E-state index is 12.9. The van der Waals surface area contributed by atoms with Crippen molar-refractivity contribution in [2.45, 2.75) is 6.04 Å². The lowest BCUT2D eigenvalue weighted by Crippen LogP contribution is -2.29. The molecule has 1 unspecified atom stereocenters. The first-order valence-corrected chi connectivity index (χ1v) is 9.85. The first-order valence-electron chi connectivity index (χ1n) is 8.60. The van der Waals surface area contributed by atoms with Crippen LogP contribution in [0.1, 0.15) is 17.2 Å². The fourth-order valence-electron chi connectivity index (χ4n) is 3.31. The highest BCUT2D eigenvalue weighted by Crippen LogP contribution is 2.45. The topological polar surface area (TPSA) is 114 Å². The van der Waals surface area contributed by atoms with E-state index in [0.717, 1.165) is 16.2 Å². The van der Waals surface area contributed by atoms with E-state index in [1.54, 1.807) is 11.4 Å². The summed E-state index contributed by atoms with van der Waals surface area (Å²) in [5.41, 5.74) is -0.202. The maximum Gasteiger partial charge on any atom is 0.301 e. The van der Waals surface area contributed by atoms with Crippen LogP contribution in [-0.4, -0.2) is 26.7 Å². The third kappa shape index (κ3) is 3.23. The van der Waals surface area contributed by atoms with Crippen molar-refractivity contribution in [2.24, 2.45) is 0 Å². The monoisotopic (exact) mass is 441 g/mol. The van der Waals surface area contributed by atoms with Crippen molar-refractivity contribution in [3.63, 3.8) is 0 Å². The van der Waals surface area contributed by atoms with Gasteiger partial charge in [-0.05, 0) is 30.3 Å². The van der Waals surface area contributed by atoms with Crippen LogP contribution in [0.15, 0.2) is 65.7 Å². The standard InChI is InChI=1S/C20H12ClN3O5S/c21-12-7-5-11(6-8-12)17(25)15-16(13-3-1-2-4-14(13)24(28)29)23(19(27)18(15)26)20-22-9-10-30-20/h1-10,16,25H/b17-15-. The highest BCUT2D eigenvalue weighted by molar-refractivity contribution is 7.14. The van der Waals surface area contributed by atoms with Crippen molar-refractivity contribution >= 4 is 51.2 Å². The molecule has 1 saturated heterocycles. The minimum absolute atomic E-state index is 0.0902. The molecule has 1 atom stereocenters. The fourth-order valence-corrected chi connectivity index (χ4v) is 4.10. The van der Waals surface area contributed by atoms with Gasteiger partial charge in [-0.1, -0.05) is 23.7 Å². The molecule has 4 rings (SSSR count). The second-order valence-corrected chi connectivity index (χ2v) is 7.62. The molecule has 8 nitrogen and oxygen atoms in total. The molecule has 1 fully saturated rings. The van der Waals surface area contributed by atoms with Crippen molar-refractivity contribution in [1.82, 2.24) is 4.98 Å². The maximum absolute atomic E-state index is 12.9. The first-order chi connectivity index (χ1) is 14.4. The highest BCUT2D eigenvalue weighted by Gasteiger charge is 2.49. The van der Waals surface area contributed by atoms with Gasteiger partial charge in [-0.2, -0.15) is 0 Å². The SMILES string of the molecule is O=C1C(=O)N(c2nccs2)C(c2ccccc2[N+](=O)[O-])/C1=C(/O)c1ccc(Cl)cc1. The number of ketones is 1. The second kappa shape index (κ2) is 7.69. The third-order valence-electron chi connectivity index (χ3n) is 4.62. The lowest BCUT2D eigenvalue weighted by atomic mass is 9.94. The molecule has 0 spiro atoms. The molecule has 0 saturated carbocycles. The van der Waals surface area contributed by atoms with Crippen LogP contribution in [0.5, 0.6) is 0 Å². The number of aromatic nitrogens is 1. The van der Waals surface area contributed by atoms with Gasteiger partial charge in [0.1, 0.15) is 11.8 Å². The summed E-state index contributed by atoms with van der Waals surface area (Å²) >= 11 is 6.99. The molecule has 150 valence electrons. The third-order valence-corrected chi connectivity index (χ3v) is 5.64. The molecule has 1 amide bonds. The van der Waals surface area contributed by atoms with E-state index in [4.69, 9.17) is 11.6 Å². The van der Waals surface area contributed by atoms with Gasteiger partial charge in [0.2, 0.25) is 0 Å². The number of hydrogen-bond acceptors (Lipinski definition) is 7. The molecule has 1 N–H and O–H groups in total. The summed E-state index contributed by atoms with van der Waals surface area (Å²) < 4.78 is 0. The zero-order valence-electron chi connectivity index (χ0n) is 15.1. The van der Waals surface area contributed by atoms with Crippen molar-refractivity contribution < 1.29 is 19.6 Å². The summed E-state index contributed by atoms with van der Waals surface area (Å²) in [6.45, 7) is 0. The van der Waals surface area contributed by atoms with Crippen LogP contribution in [0.3, 0.4) is 0 Å². The number of thiazole rings is 1. The van der Waals surface area contributed by atoms with Gasteiger partial charge >= 0.3 is 5.91 Å². The molecule has 0 bridgehead atoms. The van der Waals surface area contributed by atoms with Crippen LogP contribution in [-0.2, 0) is 9.59 Å². The molecular formula is C20H12ClN3O5S. The molecule has 1 aliphatic heterocycles. The van der Waals surface area contributed by atoms with Gasteiger partial charge in [0.25, 0.3) is 11.5 Å². The van der Waals surface area contributed by atoms with E-state index in [1.807, 2.05) is 0 Å². The van der Waals surface area contributed by atoms with Crippen molar-refractivity contribution in [2.75, 3.05) is 4.90 Å². The number of rotatable bonds is 4. The van der Waals surface area contributed by atoms with E-state index in [9.17, 15) is 24.8 Å². The normalized spacial score (nSPS) is 18.0. The summed E-state index contributed by atoms with van der Waals surface area (Å²) in [7, 11) is 0. The Labute approximate surface area is 178 Å². The Hall–Kier alpha value is -3.56. The van der Waals surface area contributed by atoms with Crippen LogP contribution in [0.4, 0.5) is 10.8 Å². The Morgan fingerprint density at radius 1 is 1.17 bits per heavy atom. The van der Waals surface area contributed by atoms with E-state index in [2.05, 4.69) is 4.98 Å². The number of carbonyl (C=O) groups is 2. The summed E-state index contributed by atoms with van der Waals surface area (Å²) in [6, 6.07) is 10.6. The molecule has 10 heteroatoms. The fraction of sp³-hybridized carbons (Fsp3) is 0.0500. The van der Waals surface area contributed by atoms with Crippen molar-refractivity contribution in [1.29, 1.82) is 0 Å². The van der Waals surface area contributed by atoms with Crippen molar-refractivity contribution in [3.8, 4) is 0 Å². The summed E-state index contributed by atoms with van der Waals surface area (Å²) in [5.74, 6) is -2.34. The van der Waals surface area contributed by atoms with E-state index < -0.39 is 28.4 Å². The van der Waals surface area contributed by atoms with Gasteiger partial charge in [0.15, 0.2) is 5.13 Å². The largest absolute Gasteiger partial charge is 0.507 e. The molecular weight excluding hydrogens is 430 g/mol.